The molecule has 0 amide bonds. The first kappa shape index (κ1) is 25.2. The third-order valence-corrected chi connectivity index (χ3v) is 6.75. The third-order valence-electron chi connectivity index (χ3n) is 5.26. The van der Waals surface area contributed by atoms with Gasteiger partial charge in [-0.3, -0.25) is 9.59 Å². The molecular formula is C25H30O7S. The van der Waals surface area contributed by atoms with Gasteiger partial charge in [0.05, 0.1) is 13.2 Å². The van der Waals surface area contributed by atoms with Gasteiger partial charge in [0, 0.05) is 18.7 Å². The zero-order valence-corrected chi connectivity index (χ0v) is 20.0. The number of ether oxygens (including phenoxy) is 4. The number of aliphatic hydroxyl groups is 1. The fraction of sp³-hybridized carbons (Fsp3) is 0.440. The zero-order chi connectivity index (χ0) is 24.0. The van der Waals surface area contributed by atoms with Gasteiger partial charge in [0.2, 0.25) is 0 Å². The predicted octanol–water partition coefficient (Wildman–Crippen LogP) is 3.56. The summed E-state index contributed by atoms with van der Waals surface area (Å²) >= 11 is 1.38. The standard InChI is InChI=1S/C25H30O7S/c1-15-9-8-10-16(2)24(15)33-25-23(31-18(4)27)22(30-17(3)26)21(28)20(32-25)14-29-13-19-11-6-5-7-12-19/h5-12,20-23,25,28H,13-14H2,1-4H3/t20-,21+,22+,23-,25+/m1/s1. The van der Waals surface area contributed by atoms with Crippen LogP contribution in [0.5, 0.6) is 0 Å². The van der Waals surface area contributed by atoms with E-state index in [9.17, 15) is 14.7 Å². The topological polar surface area (TPSA) is 91.3 Å². The maximum atomic E-state index is 11.9. The average Bonchev–Trinajstić information content (AvgIpc) is 2.76. The van der Waals surface area contributed by atoms with Crippen LogP contribution in [0.3, 0.4) is 0 Å². The molecule has 5 atom stereocenters. The number of rotatable bonds is 8. The molecular weight excluding hydrogens is 444 g/mol. The van der Waals surface area contributed by atoms with E-state index >= 15 is 0 Å². The highest BCUT2D eigenvalue weighted by molar-refractivity contribution is 8.00. The van der Waals surface area contributed by atoms with Gasteiger partial charge in [0.1, 0.15) is 17.6 Å². The van der Waals surface area contributed by atoms with Gasteiger partial charge in [-0.05, 0) is 30.5 Å². The van der Waals surface area contributed by atoms with Gasteiger partial charge in [-0.25, -0.2) is 0 Å². The molecule has 0 bridgehead atoms. The van der Waals surface area contributed by atoms with Gasteiger partial charge in [0.15, 0.2) is 12.2 Å². The lowest BCUT2D eigenvalue weighted by Crippen LogP contribution is -2.60. The Morgan fingerprint density at radius 2 is 1.55 bits per heavy atom. The summed E-state index contributed by atoms with van der Waals surface area (Å²) in [5, 5.41) is 11.0. The van der Waals surface area contributed by atoms with Crippen LogP contribution in [0, 0.1) is 13.8 Å². The Morgan fingerprint density at radius 1 is 0.939 bits per heavy atom. The van der Waals surface area contributed by atoms with E-state index in [2.05, 4.69) is 0 Å². The SMILES string of the molecule is CC(=O)O[C@@H]1[C@@H](OC(C)=O)[C@@H](O)[C@@H](COCc2ccccc2)O[C@H]1Sc1c(C)cccc1C. The molecule has 0 unspecified atom stereocenters. The maximum Gasteiger partial charge on any atom is 0.303 e. The minimum Gasteiger partial charge on any atom is -0.456 e. The van der Waals surface area contributed by atoms with Crippen LogP contribution in [0.1, 0.15) is 30.5 Å². The van der Waals surface area contributed by atoms with Crippen LogP contribution in [-0.4, -0.2) is 53.5 Å². The number of esters is 2. The van der Waals surface area contributed by atoms with Gasteiger partial charge >= 0.3 is 11.9 Å². The third kappa shape index (κ3) is 6.80. The Kier molecular flexibility index (Phi) is 8.91. The Hall–Kier alpha value is -2.39. The highest BCUT2D eigenvalue weighted by Gasteiger charge is 2.49. The molecule has 0 saturated carbocycles. The molecule has 33 heavy (non-hydrogen) atoms. The fourth-order valence-corrected chi connectivity index (χ4v) is 5.02. The van der Waals surface area contributed by atoms with E-state index in [1.807, 2.05) is 62.4 Å². The van der Waals surface area contributed by atoms with Gasteiger partial charge in [-0.15, -0.1) is 0 Å². The molecule has 3 rings (SSSR count). The lowest BCUT2D eigenvalue weighted by Gasteiger charge is -2.43. The van der Waals surface area contributed by atoms with E-state index in [0.29, 0.717) is 6.61 Å². The van der Waals surface area contributed by atoms with Gasteiger partial charge in [-0.2, -0.15) is 0 Å². The minimum atomic E-state index is -1.23. The molecule has 1 N–H and O–H groups in total. The molecule has 0 radical (unpaired) electrons. The van der Waals surface area contributed by atoms with E-state index in [1.54, 1.807) is 0 Å². The molecule has 0 spiro atoms. The van der Waals surface area contributed by atoms with Crippen LogP contribution in [0.2, 0.25) is 0 Å². The van der Waals surface area contributed by atoms with Crippen molar-refractivity contribution in [1.82, 2.24) is 0 Å². The molecule has 1 saturated heterocycles. The van der Waals surface area contributed by atoms with Crippen molar-refractivity contribution in [2.24, 2.45) is 0 Å². The maximum absolute atomic E-state index is 11.9. The van der Waals surface area contributed by atoms with E-state index in [1.165, 1.54) is 25.6 Å². The monoisotopic (exact) mass is 474 g/mol. The van der Waals surface area contributed by atoms with Gasteiger partial charge in [0.25, 0.3) is 0 Å². The normalized spacial score (nSPS) is 24.8. The lowest BCUT2D eigenvalue weighted by atomic mass is 9.99. The van der Waals surface area contributed by atoms with Gasteiger partial charge < -0.3 is 24.1 Å². The minimum absolute atomic E-state index is 0.0738. The van der Waals surface area contributed by atoms with Crippen molar-refractivity contribution < 1.29 is 33.6 Å². The van der Waals surface area contributed by atoms with Crippen LogP contribution in [0.15, 0.2) is 53.4 Å². The first-order valence-corrected chi connectivity index (χ1v) is 11.7. The first-order chi connectivity index (χ1) is 15.8. The van der Waals surface area contributed by atoms with Crippen LogP contribution in [-0.2, 0) is 35.1 Å². The Labute approximate surface area is 198 Å². The summed E-state index contributed by atoms with van der Waals surface area (Å²) in [5.74, 6) is -1.14. The molecule has 1 aliphatic rings. The van der Waals surface area contributed by atoms with Gasteiger partial charge in [-0.1, -0.05) is 60.3 Å². The fourth-order valence-electron chi connectivity index (χ4n) is 3.73. The molecule has 2 aromatic rings. The summed E-state index contributed by atoms with van der Waals surface area (Å²) in [6.07, 6.45) is -4.10. The Bertz CT molecular complexity index is 929. The molecule has 2 aromatic carbocycles. The summed E-state index contributed by atoms with van der Waals surface area (Å²) in [4.78, 5) is 24.6. The summed E-state index contributed by atoms with van der Waals surface area (Å²) < 4.78 is 22.9. The molecule has 1 heterocycles. The van der Waals surface area contributed by atoms with Crippen LogP contribution in [0.25, 0.3) is 0 Å². The largest absolute Gasteiger partial charge is 0.456 e. The van der Waals surface area contributed by atoms with E-state index in [-0.39, 0.29) is 6.61 Å². The molecule has 1 aliphatic heterocycles. The van der Waals surface area contributed by atoms with Crippen molar-refractivity contribution >= 4 is 23.7 Å². The second-order valence-electron chi connectivity index (χ2n) is 8.02. The number of hydrogen-bond acceptors (Lipinski definition) is 8. The van der Waals surface area contributed by atoms with Crippen LogP contribution >= 0.6 is 11.8 Å². The smallest absolute Gasteiger partial charge is 0.303 e. The number of aliphatic hydroxyl groups excluding tert-OH is 1. The Morgan fingerprint density at radius 3 is 2.15 bits per heavy atom. The van der Waals surface area contributed by atoms with Crippen molar-refractivity contribution in [3.05, 3.63) is 65.2 Å². The predicted molar refractivity (Wildman–Crippen MR) is 124 cm³/mol. The average molecular weight is 475 g/mol. The highest BCUT2D eigenvalue weighted by atomic mass is 32.2. The van der Waals surface area contributed by atoms with E-state index < -0.39 is 41.8 Å². The number of carbonyl (C=O) groups is 2. The van der Waals surface area contributed by atoms with Crippen molar-refractivity contribution in [2.75, 3.05) is 6.61 Å². The quantitative estimate of drug-likeness (QED) is 0.581. The van der Waals surface area contributed by atoms with Crippen molar-refractivity contribution in [3.8, 4) is 0 Å². The first-order valence-electron chi connectivity index (χ1n) is 10.8. The van der Waals surface area contributed by atoms with Crippen molar-refractivity contribution in [3.63, 3.8) is 0 Å². The van der Waals surface area contributed by atoms with Crippen LogP contribution < -0.4 is 0 Å². The number of hydrogen-bond donors (Lipinski definition) is 1. The molecule has 8 heteroatoms. The molecule has 0 aliphatic carbocycles. The lowest BCUT2D eigenvalue weighted by molar-refractivity contribution is -0.231. The second kappa shape index (κ2) is 11.7. The molecule has 0 aromatic heterocycles. The molecule has 1 fully saturated rings. The summed E-state index contributed by atoms with van der Waals surface area (Å²) in [5.41, 5.74) is 2.35. The number of carbonyl (C=O) groups excluding carboxylic acids is 2. The molecule has 178 valence electrons. The molecule has 7 nitrogen and oxygen atoms in total. The summed E-state index contributed by atoms with van der Waals surface area (Å²) in [6, 6.07) is 15.6. The number of benzene rings is 2. The van der Waals surface area contributed by atoms with E-state index in [4.69, 9.17) is 18.9 Å². The van der Waals surface area contributed by atoms with Crippen LogP contribution in [0.4, 0.5) is 0 Å². The highest BCUT2D eigenvalue weighted by Crippen LogP contribution is 2.38. The Balaban J connectivity index is 1.84. The summed E-state index contributed by atoms with van der Waals surface area (Å²) in [7, 11) is 0. The van der Waals surface area contributed by atoms with Crippen molar-refractivity contribution in [1.29, 1.82) is 0 Å². The number of aryl methyl sites for hydroxylation is 2. The van der Waals surface area contributed by atoms with Crippen molar-refractivity contribution in [2.45, 2.75) is 69.0 Å². The number of thioether (sulfide) groups is 1. The summed E-state index contributed by atoms with van der Waals surface area (Å²) in [6.45, 7) is 6.91. The van der Waals surface area contributed by atoms with E-state index in [0.717, 1.165) is 21.6 Å². The zero-order valence-electron chi connectivity index (χ0n) is 19.2. The second-order valence-corrected chi connectivity index (χ2v) is 9.13.